The number of nitrogens with zero attached hydrogens (tertiary/aromatic N) is 1. The lowest BCUT2D eigenvalue weighted by Crippen LogP contribution is -2.45. The quantitative estimate of drug-likeness (QED) is 0.308. The molecule has 1 aliphatic rings. The van der Waals surface area contributed by atoms with Crippen LogP contribution in [0.5, 0.6) is 11.5 Å². The molecule has 0 spiro atoms. The first-order valence-electron chi connectivity index (χ1n) is 11.9. The molecule has 1 heterocycles. The lowest BCUT2D eigenvalue weighted by atomic mass is 9.97. The maximum atomic E-state index is 13.4. The maximum absolute atomic E-state index is 13.4. The minimum Gasteiger partial charge on any atom is -0.454 e. The van der Waals surface area contributed by atoms with Gasteiger partial charge in [0.25, 0.3) is 10.0 Å². The monoisotopic (exact) mass is 601 g/mol. The van der Waals surface area contributed by atoms with Gasteiger partial charge in [0.2, 0.25) is 0 Å². The molecule has 0 bridgehead atoms. The van der Waals surface area contributed by atoms with E-state index in [-0.39, 0.29) is 45.3 Å². The number of alkyl halides is 3. The van der Waals surface area contributed by atoms with Crippen LogP contribution in [0.2, 0.25) is 10.0 Å². The number of nitrogens with one attached hydrogen (secondary N) is 2. The standard InChI is InChI=1S/C26H24Cl2F3N3O4S/c27-18-5-10-23(21(28)15-18)38-24-4-2-1-3-22(24)33-39(36,37)20-8-6-19(7-9-20)34(25(35)26(29,30)31)16-17-11-13-32-14-12-17/h1-10,15,17,32-33H,11-14,16H2. The molecule has 1 saturated heterocycles. The van der Waals surface area contributed by atoms with E-state index in [0.717, 1.165) is 12.1 Å². The van der Waals surface area contributed by atoms with Crippen molar-refractivity contribution in [3.8, 4) is 11.5 Å². The number of carbonyl (C=O) groups is 1. The van der Waals surface area contributed by atoms with Crippen LogP contribution in [0, 0.1) is 5.92 Å². The predicted molar refractivity (Wildman–Crippen MR) is 144 cm³/mol. The predicted octanol–water partition coefficient (Wildman–Crippen LogP) is 6.48. The molecule has 7 nitrogen and oxygen atoms in total. The highest BCUT2D eigenvalue weighted by Gasteiger charge is 2.43. The number of amides is 1. The van der Waals surface area contributed by atoms with E-state index in [1.54, 1.807) is 18.2 Å². The zero-order valence-electron chi connectivity index (χ0n) is 20.3. The van der Waals surface area contributed by atoms with Gasteiger partial charge in [0.1, 0.15) is 5.75 Å². The Bertz CT molecular complexity index is 1430. The molecular weight excluding hydrogens is 578 g/mol. The van der Waals surface area contributed by atoms with Gasteiger partial charge < -0.3 is 15.0 Å². The summed E-state index contributed by atoms with van der Waals surface area (Å²) in [5, 5.41) is 3.75. The van der Waals surface area contributed by atoms with Gasteiger partial charge in [-0.05, 0) is 86.4 Å². The Hall–Kier alpha value is -2.99. The number of piperidine rings is 1. The fourth-order valence-electron chi connectivity index (χ4n) is 4.11. The molecule has 0 radical (unpaired) electrons. The third-order valence-corrected chi connectivity index (χ3v) is 8.00. The molecule has 1 aliphatic heterocycles. The van der Waals surface area contributed by atoms with Crippen molar-refractivity contribution in [2.24, 2.45) is 5.92 Å². The minimum atomic E-state index is -5.07. The topological polar surface area (TPSA) is 87.7 Å². The second-order valence-electron chi connectivity index (χ2n) is 8.88. The maximum Gasteiger partial charge on any atom is 0.471 e. The molecule has 3 aromatic carbocycles. The Morgan fingerprint density at radius 3 is 2.31 bits per heavy atom. The van der Waals surface area contributed by atoms with Gasteiger partial charge in [-0.25, -0.2) is 8.42 Å². The zero-order chi connectivity index (χ0) is 28.2. The Morgan fingerprint density at radius 1 is 1.00 bits per heavy atom. The summed E-state index contributed by atoms with van der Waals surface area (Å²) < 4.78 is 74.5. The first kappa shape index (κ1) is 29.0. The second-order valence-corrected chi connectivity index (χ2v) is 11.4. The van der Waals surface area contributed by atoms with Crippen molar-refractivity contribution < 1.29 is 31.1 Å². The van der Waals surface area contributed by atoms with Crippen LogP contribution in [-0.2, 0) is 14.8 Å². The van der Waals surface area contributed by atoms with E-state index in [0.29, 0.717) is 35.9 Å². The molecule has 3 aromatic rings. The van der Waals surface area contributed by atoms with E-state index in [1.165, 1.54) is 36.4 Å². The SMILES string of the molecule is O=C(N(CC1CCNCC1)c1ccc(S(=O)(=O)Nc2ccccc2Oc2ccc(Cl)cc2Cl)cc1)C(F)(F)F. The number of halogens is 5. The van der Waals surface area contributed by atoms with Crippen molar-refractivity contribution in [1.82, 2.24) is 5.32 Å². The van der Waals surface area contributed by atoms with Crippen molar-refractivity contribution in [2.75, 3.05) is 29.3 Å². The van der Waals surface area contributed by atoms with Gasteiger partial charge in [-0.15, -0.1) is 0 Å². The number of hydrogen-bond acceptors (Lipinski definition) is 5. The van der Waals surface area contributed by atoms with Gasteiger partial charge in [-0.3, -0.25) is 9.52 Å². The first-order valence-corrected chi connectivity index (χ1v) is 14.1. The van der Waals surface area contributed by atoms with Crippen molar-refractivity contribution in [1.29, 1.82) is 0 Å². The number of para-hydroxylation sites is 2. The summed E-state index contributed by atoms with van der Waals surface area (Å²) in [4.78, 5) is 12.7. The lowest BCUT2D eigenvalue weighted by molar-refractivity contribution is -0.170. The molecule has 13 heteroatoms. The fourth-order valence-corrected chi connectivity index (χ4v) is 5.62. The van der Waals surface area contributed by atoms with E-state index in [4.69, 9.17) is 27.9 Å². The van der Waals surface area contributed by atoms with Crippen molar-refractivity contribution >= 4 is 50.5 Å². The molecule has 39 heavy (non-hydrogen) atoms. The van der Waals surface area contributed by atoms with Crippen LogP contribution in [0.15, 0.2) is 71.6 Å². The molecule has 0 saturated carbocycles. The summed E-state index contributed by atoms with van der Waals surface area (Å²) in [5.41, 5.74) is 0.0586. The second kappa shape index (κ2) is 12.0. The number of sulfonamides is 1. The van der Waals surface area contributed by atoms with E-state index in [2.05, 4.69) is 10.0 Å². The molecule has 0 unspecified atom stereocenters. The average Bonchev–Trinajstić information content (AvgIpc) is 2.89. The summed E-state index contributed by atoms with van der Waals surface area (Å²) in [6.45, 7) is 1.18. The molecule has 4 rings (SSSR count). The van der Waals surface area contributed by atoms with Gasteiger partial charge in [0.15, 0.2) is 5.75 Å². The highest BCUT2D eigenvalue weighted by Crippen LogP contribution is 2.36. The summed E-state index contributed by atoms with van der Waals surface area (Å²) in [6.07, 6.45) is -3.82. The molecule has 0 aliphatic carbocycles. The largest absolute Gasteiger partial charge is 0.471 e. The number of ether oxygens (including phenoxy) is 1. The highest BCUT2D eigenvalue weighted by atomic mass is 35.5. The number of benzene rings is 3. The van der Waals surface area contributed by atoms with Crippen molar-refractivity contribution in [2.45, 2.75) is 23.9 Å². The Morgan fingerprint density at radius 2 is 1.67 bits per heavy atom. The summed E-state index contributed by atoms with van der Waals surface area (Å²) in [6, 6.07) is 15.5. The molecular formula is C26H24Cl2F3N3O4S. The average molecular weight is 602 g/mol. The molecule has 208 valence electrons. The Balaban J connectivity index is 1.56. The van der Waals surface area contributed by atoms with Gasteiger partial charge >= 0.3 is 12.1 Å². The van der Waals surface area contributed by atoms with E-state index in [9.17, 15) is 26.4 Å². The van der Waals surface area contributed by atoms with Crippen LogP contribution in [0.25, 0.3) is 0 Å². The Kier molecular flexibility index (Phi) is 8.95. The molecule has 1 fully saturated rings. The van der Waals surface area contributed by atoms with Gasteiger partial charge in [-0.2, -0.15) is 13.2 Å². The van der Waals surface area contributed by atoms with Crippen LogP contribution < -0.4 is 19.7 Å². The van der Waals surface area contributed by atoms with Crippen molar-refractivity contribution in [3.63, 3.8) is 0 Å². The van der Waals surface area contributed by atoms with Crippen LogP contribution in [0.4, 0.5) is 24.5 Å². The number of rotatable bonds is 8. The molecule has 0 aromatic heterocycles. The van der Waals surface area contributed by atoms with Gasteiger partial charge in [0, 0.05) is 17.3 Å². The van der Waals surface area contributed by atoms with Crippen LogP contribution in [-0.4, -0.2) is 40.1 Å². The first-order chi connectivity index (χ1) is 18.4. The number of carbonyl (C=O) groups excluding carboxylic acids is 1. The molecule has 0 atom stereocenters. The van der Waals surface area contributed by atoms with Crippen molar-refractivity contribution in [3.05, 3.63) is 76.8 Å². The van der Waals surface area contributed by atoms with Gasteiger partial charge in [0.05, 0.1) is 15.6 Å². The van der Waals surface area contributed by atoms with Crippen LogP contribution >= 0.6 is 23.2 Å². The van der Waals surface area contributed by atoms with E-state index >= 15 is 0 Å². The smallest absolute Gasteiger partial charge is 0.454 e. The van der Waals surface area contributed by atoms with Gasteiger partial charge in [-0.1, -0.05) is 35.3 Å². The van der Waals surface area contributed by atoms with Crippen LogP contribution in [0.1, 0.15) is 12.8 Å². The lowest BCUT2D eigenvalue weighted by Gasteiger charge is -2.30. The van der Waals surface area contributed by atoms with E-state index in [1.807, 2.05) is 0 Å². The van der Waals surface area contributed by atoms with Crippen LogP contribution in [0.3, 0.4) is 0 Å². The summed E-state index contributed by atoms with van der Waals surface area (Å²) in [7, 11) is -4.18. The Labute approximate surface area is 233 Å². The fraction of sp³-hybridized carbons (Fsp3) is 0.269. The summed E-state index contributed by atoms with van der Waals surface area (Å²) in [5.74, 6) is -1.71. The summed E-state index contributed by atoms with van der Waals surface area (Å²) >= 11 is 12.1. The third kappa shape index (κ3) is 7.36. The molecule has 2 N–H and O–H groups in total. The highest BCUT2D eigenvalue weighted by molar-refractivity contribution is 7.92. The number of hydrogen-bond donors (Lipinski definition) is 2. The zero-order valence-corrected chi connectivity index (χ0v) is 22.7. The third-order valence-electron chi connectivity index (χ3n) is 6.09. The van der Waals surface area contributed by atoms with E-state index < -0.39 is 22.1 Å². The molecule has 1 amide bonds. The normalized spacial score (nSPS) is 14.6. The number of anilines is 2. The minimum absolute atomic E-state index is 0.0454.